The molecule has 0 saturated carbocycles. The molecule has 82 valence electrons. The van der Waals surface area contributed by atoms with Crippen molar-refractivity contribution in [2.45, 2.75) is 18.9 Å². The van der Waals surface area contributed by atoms with E-state index in [0.717, 1.165) is 31.8 Å². The van der Waals surface area contributed by atoms with E-state index in [2.05, 4.69) is 0 Å². The molecule has 0 amide bonds. The predicted octanol–water partition coefficient (Wildman–Crippen LogP) is 1.41. The molecule has 4 nitrogen and oxygen atoms in total. The van der Waals surface area contributed by atoms with E-state index in [1.54, 1.807) is 12.1 Å². The quantitative estimate of drug-likeness (QED) is 0.721. The molecule has 0 bridgehead atoms. The van der Waals surface area contributed by atoms with Gasteiger partial charge in [-0.25, -0.2) is 0 Å². The molecule has 1 aliphatic heterocycles. The Kier molecular flexibility index (Phi) is 2.97. The molecule has 0 spiro atoms. The lowest BCUT2D eigenvalue weighted by atomic mass is 10.1. The van der Waals surface area contributed by atoms with Gasteiger partial charge in [-0.15, -0.1) is 0 Å². The van der Waals surface area contributed by atoms with Crippen LogP contribution in [0.3, 0.4) is 0 Å². The van der Waals surface area contributed by atoms with Gasteiger partial charge in [0.15, 0.2) is 0 Å². The Bertz CT molecular complexity index is 335. The third-order valence-electron chi connectivity index (χ3n) is 2.53. The third kappa shape index (κ3) is 2.53. The van der Waals surface area contributed by atoms with Gasteiger partial charge in [-0.1, -0.05) is 0 Å². The van der Waals surface area contributed by atoms with Crippen LogP contribution in [0.5, 0.6) is 5.75 Å². The fraction of sp³-hybridized carbons (Fsp3) is 0.455. The molecule has 0 atom stereocenters. The smallest absolute Gasteiger partial charge is 0.121 e. The number of hydrogen-bond donors (Lipinski definition) is 2. The molecule has 1 aliphatic rings. The lowest BCUT2D eigenvalue weighted by Gasteiger charge is -2.23. The van der Waals surface area contributed by atoms with Gasteiger partial charge in [0, 0.05) is 18.9 Å². The highest BCUT2D eigenvalue weighted by Crippen LogP contribution is 2.24. The van der Waals surface area contributed by atoms with Crippen LogP contribution in [0.15, 0.2) is 18.2 Å². The van der Waals surface area contributed by atoms with Crippen molar-refractivity contribution in [1.29, 1.82) is 0 Å². The first-order chi connectivity index (χ1) is 7.25. The van der Waals surface area contributed by atoms with Gasteiger partial charge in [0.2, 0.25) is 0 Å². The second kappa shape index (κ2) is 4.40. The van der Waals surface area contributed by atoms with Gasteiger partial charge in [-0.3, -0.25) is 0 Å². The van der Waals surface area contributed by atoms with Crippen LogP contribution in [-0.2, 0) is 4.74 Å². The van der Waals surface area contributed by atoms with Crippen LogP contribution < -0.4 is 16.2 Å². The molecule has 15 heavy (non-hydrogen) atoms. The summed E-state index contributed by atoms with van der Waals surface area (Å²) in [6.07, 6.45) is 2.11. The summed E-state index contributed by atoms with van der Waals surface area (Å²) in [5.74, 6) is 0.786. The van der Waals surface area contributed by atoms with Gasteiger partial charge in [-0.2, -0.15) is 0 Å². The minimum absolute atomic E-state index is 0.238. The molecule has 0 radical (unpaired) electrons. The summed E-state index contributed by atoms with van der Waals surface area (Å²) in [6.45, 7) is 1.55. The maximum atomic E-state index is 5.78. The zero-order valence-corrected chi connectivity index (χ0v) is 8.61. The largest absolute Gasteiger partial charge is 0.490 e. The number of nitrogens with two attached hydrogens (primary N) is 2. The van der Waals surface area contributed by atoms with E-state index in [0.29, 0.717) is 11.4 Å². The highest BCUT2D eigenvalue weighted by molar-refractivity contribution is 5.65. The van der Waals surface area contributed by atoms with E-state index < -0.39 is 0 Å². The van der Waals surface area contributed by atoms with Crippen molar-refractivity contribution in [3.63, 3.8) is 0 Å². The van der Waals surface area contributed by atoms with Gasteiger partial charge in [0.1, 0.15) is 11.9 Å². The van der Waals surface area contributed by atoms with Crippen LogP contribution in [0.4, 0.5) is 11.4 Å². The topological polar surface area (TPSA) is 70.5 Å². The van der Waals surface area contributed by atoms with Crippen molar-refractivity contribution in [2.24, 2.45) is 0 Å². The lowest BCUT2D eigenvalue weighted by molar-refractivity contribution is 0.0256. The molecular weight excluding hydrogens is 192 g/mol. The van der Waals surface area contributed by atoms with E-state index >= 15 is 0 Å². The maximum Gasteiger partial charge on any atom is 0.121 e. The fourth-order valence-electron chi connectivity index (χ4n) is 1.61. The second-order valence-corrected chi connectivity index (χ2v) is 3.72. The number of ether oxygens (including phenoxy) is 2. The SMILES string of the molecule is Nc1ccc(OC2CCOCC2)cc1N. The highest BCUT2D eigenvalue weighted by Gasteiger charge is 2.15. The van der Waals surface area contributed by atoms with E-state index in [1.807, 2.05) is 6.07 Å². The summed E-state index contributed by atoms with van der Waals surface area (Å²) in [5, 5.41) is 0. The van der Waals surface area contributed by atoms with Gasteiger partial charge in [-0.05, 0) is 12.1 Å². The zero-order chi connectivity index (χ0) is 10.7. The molecule has 0 aromatic heterocycles. The van der Waals surface area contributed by atoms with Crippen molar-refractivity contribution in [1.82, 2.24) is 0 Å². The first kappa shape index (κ1) is 10.1. The normalized spacial score (nSPS) is 17.6. The lowest BCUT2D eigenvalue weighted by Crippen LogP contribution is -2.25. The Balaban J connectivity index is 2.00. The van der Waals surface area contributed by atoms with E-state index in [-0.39, 0.29) is 6.10 Å². The Morgan fingerprint density at radius 3 is 2.53 bits per heavy atom. The van der Waals surface area contributed by atoms with Crippen molar-refractivity contribution in [3.8, 4) is 5.75 Å². The van der Waals surface area contributed by atoms with Crippen LogP contribution in [0.2, 0.25) is 0 Å². The first-order valence-electron chi connectivity index (χ1n) is 5.15. The molecule has 1 saturated heterocycles. The summed E-state index contributed by atoms with van der Waals surface area (Å²) in [6, 6.07) is 5.38. The van der Waals surface area contributed by atoms with Crippen LogP contribution in [0.1, 0.15) is 12.8 Å². The zero-order valence-electron chi connectivity index (χ0n) is 8.61. The monoisotopic (exact) mass is 208 g/mol. The van der Waals surface area contributed by atoms with Gasteiger partial charge in [0.25, 0.3) is 0 Å². The predicted molar refractivity (Wildman–Crippen MR) is 59.7 cm³/mol. The molecule has 2 rings (SSSR count). The van der Waals surface area contributed by atoms with E-state index in [4.69, 9.17) is 20.9 Å². The minimum atomic E-state index is 0.238. The van der Waals surface area contributed by atoms with Crippen LogP contribution in [0, 0.1) is 0 Å². The van der Waals surface area contributed by atoms with Crippen molar-refractivity contribution >= 4 is 11.4 Å². The van der Waals surface area contributed by atoms with Crippen molar-refractivity contribution in [3.05, 3.63) is 18.2 Å². The van der Waals surface area contributed by atoms with Gasteiger partial charge >= 0.3 is 0 Å². The molecule has 4 N–H and O–H groups in total. The number of rotatable bonds is 2. The average Bonchev–Trinajstić information content (AvgIpc) is 2.25. The van der Waals surface area contributed by atoms with Crippen LogP contribution >= 0.6 is 0 Å². The number of nitrogen functional groups attached to an aromatic ring is 2. The minimum Gasteiger partial charge on any atom is -0.490 e. The van der Waals surface area contributed by atoms with Gasteiger partial charge < -0.3 is 20.9 Å². The molecule has 0 unspecified atom stereocenters. The molecule has 0 aliphatic carbocycles. The summed E-state index contributed by atoms with van der Waals surface area (Å²) in [7, 11) is 0. The Hall–Kier alpha value is -1.42. The molecular formula is C11H16N2O2. The standard InChI is InChI=1S/C11H16N2O2/c12-10-2-1-9(7-11(10)13)15-8-3-5-14-6-4-8/h1-2,7-8H,3-6,12-13H2. The summed E-state index contributed by atoms with van der Waals surface area (Å²) in [4.78, 5) is 0. The molecule has 1 fully saturated rings. The molecule has 1 heterocycles. The molecule has 1 aromatic carbocycles. The maximum absolute atomic E-state index is 5.78. The number of hydrogen-bond acceptors (Lipinski definition) is 4. The Morgan fingerprint density at radius 1 is 1.13 bits per heavy atom. The van der Waals surface area contributed by atoms with Crippen LogP contribution in [0.25, 0.3) is 0 Å². The summed E-state index contributed by atoms with van der Waals surface area (Å²) in [5.41, 5.74) is 12.5. The van der Waals surface area contributed by atoms with E-state index in [1.165, 1.54) is 0 Å². The van der Waals surface area contributed by atoms with Crippen molar-refractivity contribution in [2.75, 3.05) is 24.7 Å². The Labute approximate surface area is 89.2 Å². The van der Waals surface area contributed by atoms with Gasteiger partial charge in [0.05, 0.1) is 24.6 Å². The first-order valence-corrected chi connectivity index (χ1v) is 5.15. The molecule has 1 aromatic rings. The highest BCUT2D eigenvalue weighted by atomic mass is 16.5. The van der Waals surface area contributed by atoms with Crippen LogP contribution in [-0.4, -0.2) is 19.3 Å². The van der Waals surface area contributed by atoms with Crippen molar-refractivity contribution < 1.29 is 9.47 Å². The average molecular weight is 208 g/mol. The fourth-order valence-corrected chi connectivity index (χ4v) is 1.61. The Morgan fingerprint density at radius 2 is 1.87 bits per heavy atom. The second-order valence-electron chi connectivity index (χ2n) is 3.72. The molecule has 4 heteroatoms. The third-order valence-corrected chi connectivity index (χ3v) is 2.53. The summed E-state index contributed by atoms with van der Waals surface area (Å²) >= 11 is 0. The van der Waals surface area contributed by atoms with E-state index in [9.17, 15) is 0 Å². The number of benzene rings is 1. The summed E-state index contributed by atoms with van der Waals surface area (Å²) < 4.78 is 11.0. The number of anilines is 2.